The Bertz CT molecular complexity index is 1280. The summed E-state index contributed by atoms with van der Waals surface area (Å²) < 4.78 is 22.6. The number of anilines is 2. The van der Waals surface area contributed by atoms with E-state index in [9.17, 15) is 0 Å². The number of halogens is 1. The van der Waals surface area contributed by atoms with Crippen molar-refractivity contribution in [1.82, 2.24) is 24.8 Å². The number of nitrogens with one attached hydrogen (secondary N) is 1. The number of fused-ring (bicyclic) bond motifs is 2. The molecule has 1 aromatic carbocycles. The van der Waals surface area contributed by atoms with Crippen molar-refractivity contribution in [3.05, 3.63) is 29.7 Å². The maximum Gasteiger partial charge on any atom is 0.262 e. The van der Waals surface area contributed by atoms with E-state index >= 15 is 0 Å². The van der Waals surface area contributed by atoms with Gasteiger partial charge in [-0.2, -0.15) is 0 Å². The number of hydrogen-bond donors (Lipinski definition) is 1. The molecule has 0 bridgehead atoms. The molecule has 0 aliphatic carbocycles. The second-order valence-corrected chi connectivity index (χ2v) is 8.82. The molecule has 2 aromatic heterocycles. The molecule has 5 rings (SSSR count). The number of ether oxygens (including phenoxy) is 4. The minimum Gasteiger partial charge on any atom is -0.493 e. The third-order valence-electron chi connectivity index (χ3n) is 6.17. The van der Waals surface area contributed by atoms with Crippen LogP contribution in [0.5, 0.6) is 23.1 Å². The Balaban J connectivity index is 1.26. The molecule has 0 amide bonds. The third kappa shape index (κ3) is 5.18. The average molecular weight is 511 g/mol. The number of benzene rings is 1. The number of methoxy groups -OCH3 is 1. The van der Waals surface area contributed by atoms with E-state index in [1.165, 1.54) is 12.5 Å². The smallest absolute Gasteiger partial charge is 0.262 e. The molecule has 3 aromatic rings. The normalized spacial score (nSPS) is 15.6. The van der Waals surface area contributed by atoms with E-state index in [2.05, 4.69) is 36.0 Å². The number of pyridine rings is 1. The number of piperazine rings is 1. The molecule has 4 heterocycles. The third-order valence-corrected chi connectivity index (χ3v) is 6.46. The van der Waals surface area contributed by atoms with Crippen LogP contribution in [0.2, 0.25) is 5.02 Å². The number of nitrogens with zero attached hydrogens (tertiary/aromatic N) is 5. The molecule has 1 N–H and O–H groups in total. The largest absolute Gasteiger partial charge is 0.493 e. The molecule has 0 atom stereocenters. The highest BCUT2D eigenvalue weighted by molar-refractivity contribution is 6.33. The highest BCUT2D eigenvalue weighted by Gasteiger charge is 2.23. The molecule has 11 heteroatoms. The summed E-state index contributed by atoms with van der Waals surface area (Å²) in [6, 6.07) is 3.71. The zero-order valence-electron chi connectivity index (χ0n) is 20.0. The molecule has 10 nitrogen and oxygen atoms in total. The van der Waals surface area contributed by atoms with Crippen molar-refractivity contribution in [2.75, 3.05) is 65.1 Å². The SMILES string of the molecule is C#CCN1CCN(CCCOc2cc3ncnc(Nc4c(Cl)cnc5c4OCO5)c3cc2OC)CC1. The van der Waals surface area contributed by atoms with E-state index in [4.69, 9.17) is 37.0 Å². The molecular weight excluding hydrogens is 484 g/mol. The molecular formula is C25H27ClN6O4. The Labute approximate surface area is 214 Å². The molecule has 0 saturated carbocycles. The molecule has 0 spiro atoms. The van der Waals surface area contributed by atoms with Gasteiger partial charge in [-0.25, -0.2) is 15.0 Å². The first-order valence-corrected chi connectivity index (χ1v) is 12.1. The molecule has 188 valence electrons. The lowest BCUT2D eigenvalue weighted by atomic mass is 10.2. The first-order chi connectivity index (χ1) is 17.7. The minimum atomic E-state index is 0.0817. The summed E-state index contributed by atoms with van der Waals surface area (Å²) in [5, 5.41) is 4.37. The summed E-state index contributed by atoms with van der Waals surface area (Å²) in [5.74, 6) is 5.30. The fraction of sp³-hybridized carbons (Fsp3) is 0.400. The monoisotopic (exact) mass is 510 g/mol. The van der Waals surface area contributed by atoms with Crippen LogP contribution in [0.15, 0.2) is 24.7 Å². The summed E-state index contributed by atoms with van der Waals surface area (Å²) in [6.45, 7) is 6.40. The van der Waals surface area contributed by atoms with E-state index < -0.39 is 0 Å². The van der Waals surface area contributed by atoms with Gasteiger partial charge in [0.05, 0.1) is 37.0 Å². The minimum absolute atomic E-state index is 0.0817. The first kappa shape index (κ1) is 24.2. The Kier molecular flexibility index (Phi) is 7.41. The molecule has 0 radical (unpaired) electrons. The van der Waals surface area contributed by atoms with Crippen molar-refractivity contribution in [1.29, 1.82) is 0 Å². The summed E-state index contributed by atoms with van der Waals surface area (Å²) in [4.78, 5) is 17.7. The highest BCUT2D eigenvalue weighted by Crippen LogP contribution is 2.44. The number of rotatable bonds is 9. The lowest BCUT2D eigenvalue weighted by Gasteiger charge is -2.33. The average Bonchev–Trinajstić information content (AvgIpc) is 3.38. The van der Waals surface area contributed by atoms with Crippen LogP contribution in [0.25, 0.3) is 10.9 Å². The Hall–Kier alpha value is -3.52. The molecule has 1 saturated heterocycles. The maximum absolute atomic E-state index is 6.38. The summed E-state index contributed by atoms with van der Waals surface area (Å²) >= 11 is 6.38. The zero-order valence-corrected chi connectivity index (χ0v) is 20.8. The van der Waals surface area contributed by atoms with Crippen molar-refractivity contribution < 1.29 is 18.9 Å². The van der Waals surface area contributed by atoms with E-state index in [-0.39, 0.29) is 6.79 Å². The van der Waals surface area contributed by atoms with Gasteiger partial charge < -0.3 is 29.2 Å². The van der Waals surface area contributed by atoms with Crippen LogP contribution < -0.4 is 24.3 Å². The zero-order chi connectivity index (χ0) is 24.9. The van der Waals surface area contributed by atoms with Gasteiger partial charge >= 0.3 is 0 Å². The van der Waals surface area contributed by atoms with Gasteiger partial charge in [-0.3, -0.25) is 4.90 Å². The van der Waals surface area contributed by atoms with Crippen molar-refractivity contribution in [2.24, 2.45) is 0 Å². The Morgan fingerprint density at radius 1 is 1.11 bits per heavy atom. The fourth-order valence-corrected chi connectivity index (χ4v) is 4.46. The lowest BCUT2D eigenvalue weighted by Crippen LogP contribution is -2.46. The van der Waals surface area contributed by atoms with Crippen LogP contribution in [-0.4, -0.2) is 84.5 Å². The quantitative estimate of drug-likeness (QED) is 0.341. The molecule has 0 unspecified atom stereocenters. The van der Waals surface area contributed by atoms with Gasteiger partial charge in [-0.1, -0.05) is 17.5 Å². The molecule has 2 aliphatic rings. The van der Waals surface area contributed by atoms with Crippen LogP contribution in [0, 0.1) is 12.3 Å². The Morgan fingerprint density at radius 2 is 1.94 bits per heavy atom. The van der Waals surface area contributed by atoms with Crippen LogP contribution in [0.4, 0.5) is 11.5 Å². The van der Waals surface area contributed by atoms with Crippen LogP contribution >= 0.6 is 11.6 Å². The first-order valence-electron chi connectivity index (χ1n) is 11.7. The van der Waals surface area contributed by atoms with Crippen molar-refractivity contribution >= 4 is 34.0 Å². The van der Waals surface area contributed by atoms with Gasteiger partial charge in [0, 0.05) is 44.2 Å². The lowest BCUT2D eigenvalue weighted by molar-refractivity contribution is 0.136. The van der Waals surface area contributed by atoms with Gasteiger partial charge in [0.2, 0.25) is 12.5 Å². The van der Waals surface area contributed by atoms with Gasteiger partial charge in [0.25, 0.3) is 5.88 Å². The van der Waals surface area contributed by atoms with Crippen LogP contribution in [0.1, 0.15) is 6.42 Å². The van der Waals surface area contributed by atoms with Crippen molar-refractivity contribution in [2.45, 2.75) is 6.42 Å². The number of terminal acetylenes is 1. The maximum atomic E-state index is 6.38. The van der Waals surface area contributed by atoms with Gasteiger partial charge in [0.15, 0.2) is 11.5 Å². The van der Waals surface area contributed by atoms with E-state index in [1.54, 1.807) is 7.11 Å². The second-order valence-electron chi connectivity index (χ2n) is 8.41. The molecule has 36 heavy (non-hydrogen) atoms. The predicted molar refractivity (Wildman–Crippen MR) is 137 cm³/mol. The van der Waals surface area contributed by atoms with E-state index in [0.29, 0.717) is 51.8 Å². The summed E-state index contributed by atoms with van der Waals surface area (Å²) in [5.41, 5.74) is 1.23. The predicted octanol–water partition coefficient (Wildman–Crippen LogP) is 3.18. The van der Waals surface area contributed by atoms with E-state index in [1.807, 2.05) is 12.1 Å². The number of hydrogen-bond acceptors (Lipinski definition) is 10. The summed E-state index contributed by atoms with van der Waals surface area (Å²) in [7, 11) is 1.61. The van der Waals surface area contributed by atoms with Crippen molar-refractivity contribution in [3.8, 4) is 35.5 Å². The van der Waals surface area contributed by atoms with Gasteiger partial charge in [-0.05, 0) is 12.5 Å². The van der Waals surface area contributed by atoms with Crippen LogP contribution in [0.3, 0.4) is 0 Å². The van der Waals surface area contributed by atoms with Crippen molar-refractivity contribution in [3.63, 3.8) is 0 Å². The standard InChI is InChI=1S/C25H27ClN6O4/c1-3-5-31-7-9-32(10-8-31)6-4-11-34-21-13-19-17(12-20(21)33-2)24(29-15-28-19)30-22-18(26)14-27-25-23(22)35-16-36-25/h1,12-15H,4-11,16H2,2H3,(H,27,28,29,30). The second kappa shape index (κ2) is 11.0. The topological polar surface area (TPSA) is 94.1 Å². The summed E-state index contributed by atoms with van der Waals surface area (Å²) in [6.07, 6.45) is 9.30. The highest BCUT2D eigenvalue weighted by atomic mass is 35.5. The van der Waals surface area contributed by atoms with Gasteiger partial charge in [-0.15, -0.1) is 6.42 Å². The Morgan fingerprint density at radius 3 is 2.75 bits per heavy atom. The van der Waals surface area contributed by atoms with E-state index in [0.717, 1.165) is 51.1 Å². The fourth-order valence-electron chi connectivity index (χ4n) is 4.28. The van der Waals surface area contributed by atoms with Gasteiger partial charge in [0.1, 0.15) is 17.8 Å². The molecule has 1 fully saturated rings. The molecule has 2 aliphatic heterocycles. The van der Waals surface area contributed by atoms with Crippen LogP contribution in [-0.2, 0) is 0 Å². The number of aromatic nitrogens is 3.